The number of rotatable bonds is 2. The largest absolute Gasteiger partial charge is 0.493 e. The lowest BCUT2D eigenvalue weighted by Crippen LogP contribution is -1.91. The van der Waals surface area contributed by atoms with Gasteiger partial charge in [0.05, 0.1) is 17.8 Å². The Morgan fingerprint density at radius 2 is 1.76 bits per heavy atom. The van der Waals surface area contributed by atoms with Gasteiger partial charge in [-0.3, -0.25) is 0 Å². The third-order valence-corrected chi connectivity index (χ3v) is 3.00. The molecule has 1 aromatic heterocycles. The highest BCUT2D eigenvalue weighted by atomic mass is 35.5. The molecule has 2 nitrogen and oxygen atoms in total. The zero-order valence-electron chi connectivity index (χ0n) is 9.50. The molecular weight excluding hydrogens is 257 g/mol. The average molecular weight is 268 g/mol. The summed E-state index contributed by atoms with van der Waals surface area (Å²) in [6.45, 7) is 2.03. The maximum atomic E-state index is 6.15. The third-order valence-electron chi connectivity index (χ3n) is 2.44. The molecule has 4 heteroatoms. The van der Waals surface area contributed by atoms with Gasteiger partial charge in [-0.05, 0) is 6.92 Å². The molecular formula is C13H11Cl2NO. The number of aryl methyl sites for hydroxylation is 1. The van der Waals surface area contributed by atoms with E-state index in [2.05, 4.69) is 4.98 Å². The molecule has 0 amide bonds. The number of benzene rings is 1. The van der Waals surface area contributed by atoms with Gasteiger partial charge in [0.25, 0.3) is 0 Å². The Morgan fingerprint density at radius 1 is 1.12 bits per heavy atom. The summed E-state index contributed by atoms with van der Waals surface area (Å²) in [5.74, 6) is 0.479. The van der Waals surface area contributed by atoms with E-state index in [4.69, 9.17) is 27.9 Å². The lowest BCUT2D eigenvalue weighted by molar-refractivity contribution is 0.413. The van der Waals surface area contributed by atoms with Crippen molar-refractivity contribution in [1.82, 2.24) is 4.98 Å². The number of hydrogen-bond acceptors (Lipinski definition) is 2. The van der Waals surface area contributed by atoms with Crippen molar-refractivity contribution in [2.45, 2.75) is 6.92 Å². The topological polar surface area (TPSA) is 22.1 Å². The number of hydrogen-bond donors (Lipinski definition) is 0. The van der Waals surface area contributed by atoms with Crippen molar-refractivity contribution < 1.29 is 4.74 Å². The minimum absolute atomic E-state index is 0.312. The maximum Gasteiger partial charge on any atom is 0.171 e. The average Bonchev–Trinajstić information content (AvgIpc) is 2.33. The Morgan fingerprint density at radius 3 is 2.35 bits per heavy atom. The number of pyridine rings is 1. The van der Waals surface area contributed by atoms with Gasteiger partial charge in [0, 0.05) is 11.6 Å². The molecule has 0 aliphatic carbocycles. The summed E-state index contributed by atoms with van der Waals surface area (Å²) in [4.78, 5) is 4.25. The SMILES string of the molecule is COc1cc(Cl)c(-c2ccc(C)cc2)nc1Cl. The molecule has 0 spiro atoms. The van der Waals surface area contributed by atoms with Crippen LogP contribution in [0, 0.1) is 6.92 Å². The number of ether oxygens (including phenoxy) is 1. The smallest absolute Gasteiger partial charge is 0.171 e. The third kappa shape index (κ3) is 2.54. The molecule has 0 N–H and O–H groups in total. The van der Waals surface area contributed by atoms with E-state index in [0.29, 0.717) is 21.6 Å². The fourth-order valence-corrected chi connectivity index (χ4v) is 1.97. The van der Waals surface area contributed by atoms with Crippen molar-refractivity contribution in [2.24, 2.45) is 0 Å². The molecule has 0 unspecified atom stereocenters. The van der Waals surface area contributed by atoms with E-state index >= 15 is 0 Å². The monoisotopic (exact) mass is 267 g/mol. The molecule has 17 heavy (non-hydrogen) atoms. The maximum absolute atomic E-state index is 6.15. The highest BCUT2D eigenvalue weighted by Gasteiger charge is 2.11. The number of aromatic nitrogens is 1. The minimum Gasteiger partial charge on any atom is -0.493 e. The lowest BCUT2D eigenvalue weighted by Gasteiger charge is -2.08. The summed E-state index contributed by atoms with van der Waals surface area (Å²) >= 11 is 12.1. The van der Waals surface area contributed by atoms with Crippen LogP contribution < -0.4 is 4.74 Å². The molecule has 0 fully saturated rings. The standard InChI is InChI=1S/C13H11Cl2NO/c1-8-3-5-9(6-4-8)12-10(14)7-11(17-2)13(15)16-12/h3-7H,1-2H3. The van der Waals surface area contributed by atoms with Gasteiger partial charge in [-0.15, -0.1) is 0 Å². The molecule has 0 bridgehead atoms. The van der Waals surface area contributed by atoms with Crippen LogP contribution in [0.5, 0.6) is 5.75 Å². The minimum atomic E-state index is 0.312. The Labute approximate surface area is 110 Å². The van der Waals surface area contributed by atoms with Crippen LogP contribution in [-0.2, 0) is 0 Å². The fraction of sp³-hybridized carbons (Fsp3) is 0.154. The van der Waals surface area contributed by atoms with Gasteiger partial charge in [-0.25, -0.2) is 4.98 Å². The molecule has 0 aliphatic rings. The summed E-state index contributed by atoms with van der Waals surface area (Å²) in [7, 11) is 1.53. The lowest BCUT2D eigenvalue weighted by atomic mass is 10.1. The van der Waals surface area contributed by atoms with Crippen LogP contribution in [0.2, 0.25) is 10.2 Å². The molecule has 0 saturated carbocycles. The summed E-state index contributed by atoms with van der Waals surface area (Å²) in [5, 5.41) is 0.836. The zero-order chi connectivity index (χ0) is 12.4. The van der Waals surface area contributed by atoms with Crippen molar-refractivity contribution in [3.8, 4) is 17.0 Å². The normalized spacial score (nSPS) is 10.4. The Balaban J connectivity index is 2.52. The Kier molecular flexibility index (Phi) is 3.55. The molecule has 0 aliphatic heterocycles. The van der Waals surface area contributed by atoms with Crippen molar-refractivity contribution in [2.75, 3.05) is 7.11 Å². The van der Waals surface area contributed by atoms with E-state index in [1.807, 2.05) is 31.2 Å². The van der Waals surface area contributed by atoms with E-state index in [9.17, 15) is 0 Å². The highest BCUT2D eigenvalue weighted by molar-refractivity contribution is 6.35. The van der Waals surface area contributed by atoms with Gasteiger partial charge >= 0.3 is 0 Å². The first kappa shape index (κ1) is 12.2. The van der Waals surface area contributed by atoms with Crippen LogP contribution in [0.4, 0.5) is 0 Å². The summed E-state index contributed by atoms with van der Waals surface area (Å²) in [5.41, 5.74) is 2.78. The van der Waals surface area contributed by atoms with Gasteiger partial charge in [0.15, 0.2) is 10.9 Å². The first-order chi connectivity index (χ1) is 8.11. The van der Waals surface area contributed by atoms with E-state index in [-0.39, 0.29) is 0 Å². The molecule has 1 aromatic carbocycles. The van der Waals surface area contributed by atoms with Crippen LogP contribution >= 0.6 is 23.2 Å². The van der Waals surface area contributed by atoms with Crippen LogP contribution in [-0.4, -0.2) is 12.1 Å². The van der Waals surface area contributed by atoms with Gasteiger partial charge in [0.1, 0.15) is 0 Å². The van der Waals surface area contributed by atoms with Crippen LogP contribution in [0.1, 0.15) is 5.56 Å². The number of halogens is 2. The molecule has 2 aromatic rings. The molecule has 0 saturated heterocycles. The predicted octanol–water partition coefficient (Wildman–Crippen LogP) is 4.37. The molecule has 88 valence electrons. The van der Waals surface area contributed by atoms with Gasteiger partial charge in [-0.1, -0.05) is 53.0 Å². The van der Waals surface area contributed by atoms with Crippen molar-refractivity contribution in [3.05, 3.63) is 46.1 Å². The molecule has 0 atom stereocenters. The fourth-order valence-electron chi connectivity index (χ4n) is 1.51. The van der Waals surface area contributed by atoms with E-state index in [1.165, 1.54) is 12.7 Å². The van der Waals surface area contributed by atoms with Crippen LogP contribution in [0.3, 0.4) is 0 Å². The van der Waals surface area contributed by atoms with Gasteiger partial charge in [-0.2, -0.15) is 0 Å². The number of nitrogens with zero attached hydrogens (tertiary/aromatic N) is 1. The molecule has 2 rings (SSSR count). The first-order valence-electron chi connectivity index (χ1n) is 5.09. The predicted molar refractivity (Wildman–Crippen MR) is 71.0 cm³/mol. The van der Waals surface area contributed by atoms with E-state index < -0.39 is 0 Å². The Bertz CT molecular complexity index is 538. The van der Waals surface area contributed by atoms with E-state index in [1.54, 1.807) is 6.07 Å². The second-order valence-electron chi connectivity index (χ2n) is 3.68. The molecule has 0 radical (unpaired) electrons. The summed E-state index contributed by atoms with van der Waals surface area (Å²) in [6.07, 6.45) is 0. The first-order valence-corrected chi connectivity index (χ1v) is 5.84. The summed E-state index contributed by atoms with van der Waals surface area (Å²) < 4.78 is 5.06. The van der Waals surface area contributed by atoms with Crippen LogP contribution in [0.15, 0.2) is 30.3 Å². The van der Waals surface area contributed by atoms with Crippen molar-refractivity contribution >= 4 is 23.2 Å². The second kappa shape index (κ2) is 4.94. The highest BCUT2D eigenvalue weighted by Crippen LogP contribution is 2.33. The van der Waals surface area contributed by atoms with Gasteiger partial charge in [0.2, 0.25) is 0 Å². The zero-order valence-corrected chi connectivity index (χ0v) is 11.0. The second-order valence-corrected chi connectivity index (χ2v) is 4.44. The van der Waals surface area contributed by atoms with Crippen LogP contribution in [0.25, 0.3) is 11.3 Å². The summed E-state index contributed by atoms with van der Waals surface area (Å²) in [6, 6.07) is 9.61. The van der Waals surface area contributed by atoms with Crippen molar-refractivity contribution in [1.29, 1.82) is 0 Å². The molecule has 1 heterocycles. The number of methoxy groups -OCH3 is 1. The Hall–Kier alpha value is -1.25. The van der Waals surface area contributed by atoms with Gasteiger partial charge < -0.3 is 4.74 Å². The van der Waals surface area contributed by atoms with E-state index in [0.717, 1.165) is 5.56 Å². The quantitative estimate of drug-likeness (QED) is 0.754. The van der Waals surface area contributed by atoms with Crippen molar-refractivity contribution in [3.63, 3.8) is 0 Å².